The summed E-state index contributed by atoms with van der Waals surface area (Å²) in [6.45, 7) is 3.27. The van der Waals surface area contributed by atoms with Crippen LogP contribution in [-0.2, 0) is 9.53 Å². The predicted molar refractivity (Wildman–Crippen MR) is 48.1 cm³/mol. The van der Waals surface area contributed by atoms with E-state index in [1.165, 1.54) is 0 Å². The number of nitrogens with zero attached hydrogens (tertiary/aromatic N) is 3. The molecule has 0 aliphatic heterocycles. The number of ether oxygens (including phenoxy) is 1. The molecule has 0 radical (unpaired) electrons. The molecule has 74 valence electrons. The molecule has 0 saturated carbocycles. The van der Waals surface area contributed by atoms with Crippen molar-refractivity contribution in [1.82, 2.24) is 5.32 Å². The second-order valence-corrected chi connectivity index (χ2v) is 2.36. The Morgan fingerprint density at radius 3 is 3.08 bits per heavy atom. The zero-order valence-electron chi connectivity index (χ0n) is 7.69. The van der Waals surface area contributed by atoms with Crippen molar-refractivity contribution in [1.29, 1.82) is 0 Å². The fourth-order valence-corrected chi connectivity index (χ4v) is 0.650. The summed E-state index contributed by atoms with van der Waals surface area (Å²) in [7, 11) is 0. The fourth-order valence-electron chi connectivity index (χ4n) is 0.650. The van der Waals surface area contributed by atoms with Crippen LogP contribution < -0.4 is 5.32 Å². The van der Waals surface area contributed by atoms with Crippen molar-refractivity contribution in [3.05, 3.63) is 10.4 Å². The Morgan fingerprint density at radius 2 is 2.46 bits per heavy atom. The first-order chi connectivity index (χ1) is 6.31. The minimum atomic E-state index is -0.179. The van der Waals surface area contributed by atoms with Crippen LogP contribution >= 0.6 is 0 Å². The Morgan fingerprint density at radius 1 is 1.69 bits per heavy atom. The number of amides is 1. The Balaban J connectivity index is 3.24. The van der Waals surface area contributed by atoms with Crippen molar-refractivity contribution in [3.63, 3.8) is 0 Å². The highest BCUT2D eigenvalue weighted by molar-refractivity contribution is 5.77. The molecular formula is C7H14N4O2. The molecule has 6 nitrogen and oxygen atoms in total. The molecule has 6 heteroatoms. The lowest BCUT2D eigenvalue weighted by Crippen LogP contribution is -2.29. The zero-order valence-corrected chi connectivity index (χ0v) is 7.69. The maximum Gasteiger partial charge on any atom is 0.245 e. The summed E-state index contributed by atoms with van der Waals surface area (Å²) in [6, 6.07) is 0. The summed E-state index contributed by atoms with van der Waals surface area (Å²) < 4.78 is 4.99. The van der Waals surface area contributed by atoms with Gasteiger partial charge in [0.2, 0.25) is 5.91 Å². The summed E-state index contributed by atoms with van der Waals surface area (Å²) in [5.74, 6) is -0.179. The maximum absolute atomic E-state index is 10.9. The van der Waals surface area contributed by atoms with Gasteiger partial charge in [-0.05, 0) is 12.0 Å². The van der Waals surface area contributed by atoms with E-state index in [1.807, 2.05) is 6.92 Å². The van der Waals surface area contributed by atoms with Gasteiger partial charge in [0.15, 0.2) is 0 Å². The fraction of sp³-hybridized carbons (Fsp3) is 0.857. The van der Waals surface area contributed by atoms with E-state index in [1.54, 1.807) is 0 Å². The van der Waals surface area contributed by atoms with Crippen LogP contribution in [0, 0.1) is 0 Å². The topological polar surface area (TPSA) is 87.1 Å². The van der Waals surface area contributed by atoms with Crippen LogP contribution in [0.2, 0.25) is 0 Å². The number of carbonyl (C=O) groups excluding carboxylic acids is 1. The highest BCUT2D eigenvalue weighted by atomic mass is 16.5. The van der Waals surface area contributed by atoms with Gasteiger partial charge in [-0.2, -0.15) is 0 Å². The van der Waals surface area contributed by atoms with Crippen LogP contribution in [0.15, 0.2) is 5.11 Å². The van der Waals surface area contributed by atoms with Gasteiger partial charge in [-0.1, -0.05) is 12.0 Å². The molecule has 0 bridgehead atoms. The van der Waals surface area contributed by atoms with E-state index in [4.69, 9.17) is 10.3 Å². The van der Waals surface area contributed by atoms with Crippen molar-refractivity contribution < 1.29 is 9.53 Å². The second-order valence-electron chi connectivity index (χ2n) is 2.36. The van der Waals surface area contributed by atoms with Crippen molar-refractivity contribution in [2.24, 2.45) is 5.11 Å². The van der Waals surface area contributed by atoms with Crippen LogP contribution in [0.1, 0.15) is 13.3 Å². The lowest BCUT2D eigenvalue weighted by Gasteiger charge is -2.02. The second kappa shape index (κ2) is 8.83. The highest BCUT2D eigenvalue weighted by Crippen LogP contribution is 1.79. The monoisotopic (exact) mass is 186 g/mol. The number of nitrogens with one attached hydrogen (secondary N) is 1. The van der Waals surface area contributed by atoms with Gasteiger partial charge in [0, 0.05) is 24.6 Å². The lowest BCUT2D eigenvalue weighted by atomic mass is 10.5. The first-order valence-electron chi connectivity index (χ1n) is 4.16. The third kappa shape index (κ3) is 8.65. The Bertz CT molecular complexity index is 189. The standard InChI is InChI=1S/C7H14N4O2/c1-2-5-13-6-7(12)9-3-4-10-11-8/h2-6H2,1H3,(H,9,12). The van der Waals surface area contributed by atoms with E-state index < -0.39 is 0 Å². The highest BCUT2D eigenvalue weighted by Gasteiger charge is 1.98. The van der Waals surface area contributed by atoms with Crippen LogP contribution in [0.3, 0.4) is 0 Å². The van der Waals surface area contributed by atoms with Gasteiger partial charge in [-0.15, -0.1) is 0 Å². The van der Waals surface area contributed by atoms with Gasteiger partial charge in [-0.3, -0.25) is 4.79 Å². The van der Waals surface area contributed by atoms with Crippen LogP contribution in [0.4, 0.5) is 0 Å². The lowest BCUT2D eigenvalue weighted by molar-refractivity contribution is -0.125. The molecular weight excluding hydrogens is 172 g/mol. The third-order valence-electron chi connectivity index (χ3n) is 1.18. The molecule has 0 aromatic rings. The number of azide groups is 1. The molecule has 0 fully saturated rings. The third-order valence-corrected chi connectivity index (χ3v) is 1.18. The van der Waals surface area contributed by atoms with E-state index in [-0.39, 0.29) is 19.1 Å². The van der Waals surface area contributed by atoms with Gasteiger partial charge in [-0.25, -0.2) is 0 Å². The average Bonchev–Trinajstić information content (AvgIpc) is 2.13. The summed E-state index contributed by atoms with van der Waals surface area (Å²) in [5.41, 5.74) is 7.93. The number of hydrogen-bond donors (Lipinski definition) is 1. The van der Waals surface area contributed by atoms with E-state index in [0.717, 1.165) is 6.42 Å². The molecule has 13 heavy (non-hydrogen) atoms. The maximum atomic E-state index is 10.9. The summed E-state index contributed by atoms with van der Waals surface area (Å²) in [4.78, 5) is 13.5. The molecule has 0 saturated heterocycles. The molecule has 0 spiro atoms. The molecule has 0 aliphatic rings. The minimum absolute atomic E-state index is 0.0735. The molecule has 0 atom stereocenters. The van der Waals surface area contributed by atoms with E-state index in [0.29, 0.717) is 13.2 Å². The molecule has 0 aromatic carbocycles. The normalized spacial score (nSPS) is 9.00. The Labute approximate surface area is 76.9 Å². The van der Waals surface area contributed by atoms with E-state index >= 15 is 0 Å². The first kappa shape index (κ1) is 11.7. The molecule has 0 unspecified atom stereocenters. The SMILES string of the molecule is CCCOCC(=O)NCCN=[N+]=[N-]. The molecule has 1 N–H and O–H groups in total. The van der Waals surface area contributed by atoms with Gasteiger partial charge in [0.25, 0.3) is 0 Å². The molecule has 0 rings (SSSR count). The largest absolute Gasteiger partial charge is 0.372 e. The summed E-state index contributed by atoms with van der Waals surface area (Å²) in [5, 5.41) is 5.81. The smallest absolute Gasteiger partial charge is 0.245 e. The van der Waals surface area contributed by atoms with Gasteiger partial charge >= 0.3 is 0 Å². The summed E-state index contributed by atoms with van der Waals surface area (Å²) >= 11 is 0. The van der Waals surface area contributed by atoms with Gasteiger partial charge in [0.1, 0.15) is 6.61 Å². The van der Waals surface area contributed by atoms with Gasteiger partial charge < -0.3 is 10.1 Å². The molecule has 0 heterocycles. The molecule has 1 amide bonds. The van der Waals surface area contributed by atoms with E-state index in [2.05, 4.69) is 15.3 Å². The average molecular weight is 186 g/mol. The van der Waals surface area contributed by atoms with E-state index in [9.17, 15) is 4.79 Å². The van der Waals surface area contributed by atoms with Crippen LogP contribution in [-0.4, -0.2) is 32.2 Å². The Kier molecular flexibility index (Phi) is 7.98. The number of carbonyl (C=O) groups is 1. The molecule has 0 aliphatic carbocycles. The number of hydrogen-bond acceptors (Lipinski definition) is 3. The van der Waals surface area contributed by atoms with Crippen LogP contribution in [0.25, 0.3) is 10.4 Å². The summed E-state index contributed by atoms with van der Waals surface area (Å²) in [6.07, 6.45) is 0.895. The van der Waals surface area contributed by atoms with Crippen molar-refractivity contribution in [2.45, 2.75) is 13.3 Å². The first-order valence-corrected chi connectivity index (χ1v) is 4.16. The quantitative estimate of drug-likeness (QED) is 0.276. The van der Waals surface area contributed by atoms with Crippen molar-refractivity contribution >= 4 is 5.91 Å². The Hall–Kier alpha value is -1.26. The minimum Gasteiger partial charge on any atom is -0.372 e. The van der Waals surface area contributed by atoms with Crippen molar-refractivity contribution in [2.75, 3.05) is 26.3 Å². The number of rotatable bonds is 7. The predicted octanol–water partition coefficient (Wildman–Crippen LogP) is 0.839. The van der Waals surface area contributed by atoms with Crippen molar-refractivity contribution in [3.8, 4) is 0 Å². The zero-order chi connectivity index (χ0) is 9.94. The van der Waals surface area contributed by atoms with Gasteiger partial charge in [0.05, 0.1) is 0 Å². The van der Waals surface area contributed by atoms with Crippen LogP contribution in [0.5, 0.6) is 0 Å². The molecule has 0 aromatic heterocycles.